The Hall–Kier alpha value is -1.60. The van der Waals surface area contributed by atoms with E-state index >= 15 is 0 Å². The summed E-state index contributed by atoms with van der Waals surface area (Å²) in [6.45, 7) is -0.150. The number of benzene rings is 2. The van der Waals surface area contributed by atoms with E-state index in [0.717, 1.165) is 11.8 Å². The average molecular weight is 320 g/mol. The van der Waals surface area contributed by atoms with Crippen molar-refractivity contribution in [2.45, 2.75) is 17.3 Å². The molecule has 1 nitrogen and oxygen atoms in total. The van der Waals surface area contributed by atoms with Crippen molar-refractivity contribution in [2.24, 2.45) is 0 Å². The quantitative estimate of drug-likeness (QED) is 0.395. The molecular formula is C14H9F5OS. The molecular weight excluding hydrogens is 311 g/mol. The second kappa shape index (κ2) is 6.44. The molecule has 0 atom stereocenters. The Kier molecular flexibility index (Phi) is 4.84. The zero-order valence-corrected chi connectivity index (χ0v) is 11.3. The third-order valence-electron chi connectivity index (χ3n) is 2.79. The summed E-state index contributed by atoms with van der Waals surface area (Å²) in [5, 5.41) is 8.87. The van der Waals surface area contributed by atoms with Crippen molar-refractivity contribution in [3.8, 4) is 0 Å². The van der Waals surface area contributed by atoms with E-state index in [1.165, 1.54) is 0 Å². The highest BCUT2D eigenvalue weighted by molar-refractivity contribution is 7.98. The van der Waals surface area contributed by atoms with Gasteiger partial charge in [0, 0.05) is 16.2 Å². The highest BCUT2D eigenvalue weighted by Gasteiger charge is 2.25. The highest BCUT2D eigenvalue weighted by atomic mass is 32.2. The fourth-order valence-electron chi connectivity index (χ4n) is 1.62. The molecule has 0 saturated heterocycles. The number of hydrogen-bond donors (Lipinski definition) is 1. The van der Waals surface area contributed by atoms with Crippen molar-refractivity contribution in [1.82, 2.24) is 0 Å². The molecule has 0 bridgehead atoms. The minimum absolute atomic E-state index is 0.150. The molecule has 0 aliphatic heterocycles. The molecule has 0 radical (unpaired) electrons. The standard InChI is InChI=1S/C14H9F5OS/c15-10-9(11(16)13(18)14(19)12(10)17)6-21-8-3-1-7(5-20)2-4-8/h1-4,20H,5-6H2. The van der Waals surface area contributed by atoms with Gasteiger partial charge in [0.2, 0.25) is 5.82 Å². The van der Waals surface area contributed by atoms with Crippen LogP contribution in [-0.4, -0.2) is 5.11 Å². The Morgan fingerprint density at radius 2 is 1.24 bits per heavy atom. The van der Waals surface area contributed by atoms with Gasteiger partial charge in [-0.2, -0.15) is 0 Å². The number of hydrogen-bond acceptors (Lipinski definition) is 2. The van der Waals surface area contributed by atoms with E-state index in [9.17, 15) is 22.0 Å². The van der Waals surface area contributed by atoms with E-state index in [4.69, 9.17) is 5.11 Å². The van der Waals surface area contributed by atoms with Gasteiger partial charge in [-0.15, -0.1) is 11.8 Å². The molecule has 2 aromatic rings. The molecule has 0 aromatic heterocycles. The van der Waals surface area contributed by atoms with Gasteiger partial charge in [0.25, 0.3) is 0 Å². The van der Waals surface area contributed by atoms with Crippen LogP contribution in [0.3, 0.4) is 0 Å². The van der Waals surface area contributed by atoms with Crippen LogP contribution in [-0.2, 0) is 12.4 Å². The molecule has 112 valence electrons. The lowest BCUT2D eigenvalue weighted by molar-refractivity contribution is 0.282. The van der Waals surface area contributed by atoms with Crippen LogP contribution in [0.4, 0.5) is 22.0 Å². The van der Waals surface area contributed by atoms with Gasteiger partial charge in [-0.1, -0.05) is 12.1 Å². The van der Waals surface area contributed by atoms with Crippen LogP contribution in [0.25, 0.3) is 0 Å². The zero-order valence-electron chi connectivity index (χ0n) is 10.5. The number of aliphatic hydroxyl groups excluding tert-OH is 1. The summed E-state index contributed by atoms with van der Waals surface area (Å²) in [7, 11) is 0. The number of halogens is 5. The molecule has 7 heteroatoms. The SMILES string of the molecule is OCc1ccc(SCc2c(F)c(F)c(F)c(F)c2F)cc1. The largest absolute Gasteiger partial charge is 0.392 e. The molecule has 0 aliphatic rings. The smallest absolute Gasteiger partial charge is 0.200 e. The van der Waals surface area contributed by atoms with Crippen LogP contribution in [0.2, 0.25) is 0 Å². The number of aliphatic hydroxyl groups is 1. The molecule has 0 fully saturated rings. The van der Waals surface area contributed by atoms with Crippen LogP contribution >= 0.6 is 11.8 Å². The van der Waals surface area contributed by atoms with Crippen LogP contribution < -0.4 is 0 Å². The van der Waals surface area contributed by atoms with Gasteiger partial charge < -0.3 is 5.11 Å². The van der Waals surface area contributed by atoms with E-state index in [1.807, 2.05) is 0 Å². The zero-order chi connectivity index (χ0) is 15.6. The summed E-state index contributed by atoms with van der Waals surface area (Å²) in [5.41, 5.74) is -0.210. The van der Waals surface area contributed by atoms with E-state index < -0.39 is 40.4 Å². The third kappa shape index (κ3) is 3.19. The first-order chi connectivity index (χ1) is 9.95. The third-order valence-corrected chi connectivity index (χ3v) is 3.83. The van der Waals surface area contributed by atoms with Crippen molar-refractivity contribution in [3.63, 3.8) is 0 Å². The molecule has 0 saturated carbocycles. The van der Waals surface area contributed by atoms with Crippen molar-refractivity contribution < 1.29 is 27.1 Å². The Balaban J connectivity index is 2.23. The van der Waals surface area contributed by atoms with E-state index in [-0.39, 0.29) is 6.61 Å². The maximum absolute atomic E-state index is 13.5. The predicted octanol–water partition coefficient (Wildman–Crippen LogP) is 4.17. The van der Waals surface area contributed by atoms with Crippen molar-refractivity contribution >= 4 is 11.8 Å². The van der Waals surface area contributed by atoms with E-state index in [1.54, 1.807) is 24.3 Å². The lowest BCUT2D eigenvalue weighted by atomic mass is 10.2. The van der Waals surface area contributed by atoms with Crippen LogP contribution in [0.5, 0.6) is 0 Å². The molecule has 0 unspecified atom stereocenters. The molecule has 0 aliphatic carbocycles. The maximum Gasteiger partial charge on any atom is 0.200 e. The summed E-state index contributed by atoms with van der Waals surface area (Å²) in [5.74, 6) is -10.1. The lowest BCUT2D eigenvalue weighted by Gasteiger charge is -2.08. The minimum Gasteiger partial charge on any atom is -0.392 e. The summed E-state index contributed by atoms with van der Waals surface area (Å²) in [4.78, 5) is 0.580. The van der Waals surface area contributed by atoms with Crippen LogP contribution in [0.1, 0.15) is 11.1 Å². The number of thioether (sulfide) groups is 1. The van der Waals surface area contributed by atoms with Gasteiger partial charge in [0.05, 0.1) is 6.61 Å². The minimum atomic E-state index is -2.16. The summed E-state index contributed by atoms with van der Waals surface area (Å²) in [6, 6.07) is 6.37. The van der Waals surface area contributed by atoms with E-state index in [2.05, 4.69) is 0 Å². The lowest BCUT2D eigenvalue weighted by Crippen LogP contribution is -2.06. The Labute approximate surface area is 121 Å². The topological polar surface area (TPSA) is 20.2 Å². The molecule has 21 heavy (non-hydrogen) atoms. The monoisotopic (exact) mass is 320 g/mol. The molecule has 0 heterocycles. The number of rotatable bonds is 4. The first-order valence-electron chi connectivity index (χ1n) is 5.78. The summed E-state index contributed by atoms with van der Waals surface area (Å²) < 4.78 is 65.9. The van der Waals surface area contributed by atoms with Crippen molar-refractivity contribution in [3.05, 3.63) is 64.5 Å². The molecule has 0 amide bonds. The first kappa shape index (κ1) is 15.8. The maximum atomic E-state index is 13.5. The van der Waals surface area contributed by atoms with Gasteiger partial charge in [0.15, 0.2) is 23.3 Å². The fraction of sp³-hybridized carbons (Fsp3) is 0.143. The second-order valence-corrected chi connectivity index (χ2v) is 5.19. The normalized spacial score (nSPS) is 11.0. The molecule has 1 N–H and O–H groups in total. The van der Waals surface area contributed by atoms with Crippen molar-refractivity contribution in [1.29, 1.82) is 0 Å². The Bertz CT molecular complexity index is 628. The van der Waals surface area contributed by atoms with Gasteiger partial charge in [-0.25, -0.2) is 22.0 Å². The first-order valence-corrected chi connectivity index (χ1v) is 6.77. The fourth-order valence-corrected chi connectivity index (χ4v) is 2.52. The highest BCUT2D eigenvalue weighted by Crippen LogP contribution is 2.29. The van der Waals surface area contributed by atoms with Crippen LogP contribution in [0.15, 0.2) is 29.2 Å². The molecule has 2 rings (SSSR count). The summed E-state index contributed by atoms with van der Waals surface area (Å²) in [6.07, 6.45) is 0. The average Bonchev–Trinajstić information content (AvgIpc) is 2.51. The Morgan fingerprint density at radius 3 is 1.71 bits per heavy atom. The Morgan fingerprint density at radius 1 is 0.762 bits per heavy atom. The van der Waals surface area contributed by atoms with Crippen LogP contribution in [0, 0.1) is 29.1 Å². The molecule has 0 spiro atoms. The second-order valence-electron chi connectivity index (χ2n) is 4.14. The van der Waals surface area contributed by atoms with E-state index in [0.29, 0.717) is 10.5 Å². The summed E-state index contributed by atoms with van der Waals surface area (Å²) >= 11 is 0.927. The van der Waals surface area contributed by atoms with Gasteiger partial charge >= 0.3 is 0 Å². The van der Waals surface area contributed by atoms with Gasteiger partial charge in [-0.05, 0) is 17.7 Å². The predicted molar refractivity (Wildman–Crippen MR) is 68.2 cm³/mol. The van der Waals surface area contributed by atoms with Crippen molar-refractivity contribution in [2.75, 3.05) is 0 Å². The van der Waals surface area contributed by atoms with Gasteiger partial charge in [0.1, 0.15) is 0 Å². The molecule has 2 aromatic carbocycles. The van der Waals surface area contributed by atoms with Gasteiger partial charge in [-0.3, -0.25) is 0 Å².